The second-order valence-corrected chi connectivity index (χ2v) is 6.79. The number of nitrogens with two attached hydrogens (primary N) is 1. The molecule has 3 N–H and O–H groups in total. The molecule has 2 amide bonds. The summed E-state index contributed by atoms with van der Waals surface area (Å²) >= 11 is 0. The molecular formula is C19H22N4O4. The number of rotatable bonds is 5. The number of carbonyl (C=O) groups excluding carboxylic acids is 2. The Morgan fingerprint density at radius 1 is 1.15 bits per heavy atom. The molecule has 142 valence electrons. The lowest BCUT2D eigenvalue weighted by Crippen LogP contribution is -2.56. The molecule has 1 aromatic carbocycles. The first-order valence-electron chi connectivity index (χ1n) is 8.84. The molecule has 1 aliphatic rings. The lowest BCUT2D eigenvalue weighted by Gasteiger charge is -2.40. The quantitative estimate of drug-likeness (QED) is 0.832. The number of aromatic nitrogens is 2. The molecule has 1 aromatic heterocycles. The van der Waals surface area contributed by atoms with Gasteiger partial charge >= 0.3 is 5.97 Å². The Balaban J connectivity index is 1.99. The lowest BCUT2D eigenvalue weighted by atomic mass is 9.80. The number of hydrogen-bond acceptors (Lipinski definition) is 4. The molecule has 0 radical (unpaired) electrons. The van der Waals surface area contributed by atoms with E-state index >= 15 is 0 Å². The van der Waals surface area contributed by atoms with Crippen molar-refractivity contribution in [1.82, 2.24) is 14.7 Å². The average Bonchev–Trinajstić information content (AvgIpc) is 3.13. The van der Waals surface area contributed by atoms with Crippen molar-refractivity contribution in [2.24, 2.45) is 5.73 Å². The zero-order chi connectivity index (χ0) is 19.6. The van der Waals surface area contributed by atoms with Crippen LogP contribution in [0.2, 0.25) is 0 Å². The molecule has 8 nitrogen and oxygen atoms in total. The minimum Gasteiger partial charge on any atom is -0.479 e. The monoisotopic (exact) mass is 370 g/mol. The molecule has 1 aliphatic carbocycles. The highest BCUT2D eigenvalue weighted by atomic mass is 16.4. The first-order valence-corrected chi connectivity index (χ1v) is 8.84. The van der Waals surface area contributed by atoms with E-state index in [1.165, 1.54) is 22.7 Å². The number of nitrogens with zero attached hydrogens (tertiary/aromatic N) is 3. The summed E-state index contributed by atoms with van der Waals surface area (Å²) < 4.78 is 1.30. The molecule has 1 fully saturated rings. The minimum atomic E-state index is -1.25. The van der Waals surface area contributed by atoms with E-state index in [1.807, 2.05) is 6.07 Å². The van der Waals surface area contributed by atoms with Gasteiger partial charge in [0.05, 0.1) is 5.69 Å². The molecule has 0 unspecified atom stereocenters. The normalized spacial score (nSPS) is 15.9. The summed E-state index contributed by atoms with van der Waals surface area (Å²) in [4.78, 5) is 38.0. The van der Waals surface area contributed by atoms with Crippen LogP contribution in [0.4, 0.5) is 0 Å². The summed E-state index contributed by atoms with van der Waals surface area (Å²) in [5.74, 6) is -2.29. The number of para-hydroxylation sites is 1. The summed E-state index contributed by atoms with van der Waals surface area (Å²) in [6, 6.07) is 10.1. The van der Waals surface area contributed by atoms with Crippen molar-refractivity contribution in [2.75, 3.05) is 7.05 Å². The number of benzene rings is 1. The van der Waals surface area contributed by atoms with Crippen molar-refractivity contribution in [3.63, 3.8) is 0 Å². The smallest absolute Gasteiger partial charge is 0.329 e. The molecule has 0 bridgehead atoms. The van der Waals surface area contributed by atoms with E-state index in [0.717, 1.165) is 19.3 Å². The zero-order valence-electron chi connectivity index (χ0n) is 15.1. The van der Waals surface area contributed by atoms with Crippen molar-refractivity contribution >= 4 is 17.8 Å². The van der Waals surface area contributed by atoms with Gasteiger partial charge in [-0.15, -0.1) is 0 Å². The topological polar surface area (TPSA) is 119 Å². The number of amides is 2. The molecule has 0 aliphatic heterocycles. The SMILES string of the molecule is CN(C(=O)c1cc(C(N)=O)n(-c2ccccc2)n1)C1(C(=O)O)CCCCC1. The highest BCUT2D eigenvalue weighted by Crippen LogP contribution is 2.34. The first kappa shape index (κ1) is 18.6. The van der Waals surface area contributed by atoms with E-state index in [9.17, 15) is 19.5 Å². The zero-order valence-corrected chi connectivity index (χ0v) is 15.1. The molecule has 8 heteroatoms. The number of carboxylic acid groups (broad SMARTS) is 1. The first-order chi connectivity index (χ1) is 12.9. The summed E-state index contributed by atoms with van der Waals surface area (Å²) in [6.07, 6.45) is 3.23. The maximum absolute atomic E-state index is 13.0. The number of primary amides is 1. The van der Waals surface area contributed by atoms with Crippen molar-refractivity contribution < 1.29 is 19.5 Å². The average molecular weight is 370 g/mol. The van der Waals surface area contributed by atoms with Crippen LogP contribution in [0.15, 0.2) is 36.4 Å². The standard InChI is InChI=1S/C19H22N4O4/c1-22(19(18(26)27)10-6-3-7-11-19)17(25)14-12-15(16(20)24)23(21-14)13-8-4-2-5-9-13/h2,4-5,8-9,12H,3,6-7,10-11H2,1H3,(H2,20,24)(H,26,27). The molecule has 3 rings (SSSR count). The fourth-order valence-corrected chi connectivity index (χ4v) is 3.62. The van der Waals surface area contributed by atoms with Crippen LogP contribution in [-0.4, -0.2) is 50.2 Å². The fraction of sp³-hybridized carbons (Fsp3) is 0.368. The molecular weight excluding hydrogens is 348 g/mol. The largest absolute Gasteiger partial charge is 0.479 e. The molecule has 0 spiro atoms. The van der Waals surface area contributed by atoms with Gasteiger partial charge in [0.25, 0.3) is 11.8 Å². The molecule has 27 heavy (non-hydrogen) atoms. The van der Waals surface area contributed by atoms with Crippen LogP contribution < -0.4 is 5.73 Å². The van der Waals surface area contributed by atoms with Crippen LogP contribution in [0.1, 0.15) is 53.1 Å². The number of carboxylic acids is 1. The maximum atomic E-state index is 13.0. The third-order valence-corrected chi connectivity index (χ3v) is 5.21. The molecule has 2 aromatic rings. The second-order valence-electron chi connectivity index (χ2n) is 6.79. The maximum Gasteiger partial charge on any atom is 0.329 e. The van der Waals surface area contributed by atoms with Gasteiger partial charge in [0, 0.05) is 13.1 Å². The van der Waals surface area contributed by atoms with Gasteiger partial charge in [0.15, 0.2) is 5.69 Å². The Labute approximate surface area is 156 Å². The second kappa shape index (κ2) is 7.22. The van der Waals surface area contributed by atoms with Gasteiger partial charge in [0.2, 0.25) is 0 Å². The van der Waals surface area contributed by atoms with Crippen LogP contribution in [-0.2, 0) is 4.79 Å². The fourth-order valence-electron chi connectivity index (χ4n) is 3.62. The molecule has 0 atom stereocenters. The van der Waals surface area contributed by atoms with Crippen LogP contribution in [0.25, 0.3) is 5.69 Å². The summed E-state index contributed by atoms with van der Waals surface area (Å²) in [5, 5.41) is 14.0. The number of aliphatic carboxylic acids is 1. The van der Waals surface area contributed by atoms with Crippen molar-refractivity contribution in [2.45, 2.75) is 37.6 Å². The predicted octanol–water partition coefficient (Wildman–Crippen LogP) is 1.83. The summed E-state index contributed by atoms with van der Waals surface area (Å²) in [5.41, 5.74) is 4.82. The van der Waals surface area contributed by atoms with Gasteiger partial charge < -0.3 is 15.7 Å². The van der Waals surface area contributed by atoms with E-state index in [-0.39, 0.29) is 11.4 Å². The molecule has 1 saturated carbocycles. The van der Waals surface area contributed by atoms with Crippen molar-refractivity contribution in [1.29, 1.82) is 0 Å². The van der Waals surface area contributed by atoms with Crippen molar-refractivity contribution in [3.05, 3.63) is 47.8 Å². The highest BCUT2D eigenvalue weighted by molar-refractivity contribution is 5.99. The van der Waals surface area contributed by atoms with Crippen LogP contribution in [0.5, 0.6) is 0 Å². The Hall–Kier alpha value is -3.16. The van der Waals surface area contributed by atoms with E-state index < -0.39 is 23.3 Å². The van der Waals surface area contributed by atoms with Crippen molar-refractivity contribution in [3.8, 4) is 5.69 Å². The summed E-state index contributed by atoms with van der Waals surface area (Å²) in [6.45, 7) is 0. The van der Waals surface area contributed by atoms with Gasteiger partial charge in [-0.1, -0.05) is 37.5 Å². The van der Waals surface area contributed by atoms with Gasteiger partial charge in [-0.05, 0) is 25.0 Å². The Morgan fingerprint density at radius 3 is 2.33 bits per heavy atom. The van der Waals surface area contributed by atoms with Crippen LogP contribution in [0.3, 0.4) is 0 Å². The third kappa shape index (κ3) is 3.30. The lowest BCUT2D eigenvalue weighted by molar-refractivity contribution is -0.151. The number of likely N-dealkylation sites (N-methyl/N-ethyl adjacent to an activating group) is 1. The molecule has 1 heterocycles. The van der Waals surface area contributed by atoms with E-state index in [4.69, 9.17) is 5.73 Å². The Morgan fingerprint density at radius 2 is 1.78 bits per heavy atom. The third-order valence-electron chi connectivity index (χ3n) is 5.21. The van der Waals surface area contributed by atoms with E-state index in [1.54, 1.807) is 24.3 Å². The van der Waals surface area contributed by atoms with Gasteiger partial charge in [-0.2, -0.15) is 5.10 Å². The van der Waals surface area contributed by atoms with Gasteiger partial charge in [-0.25, -0.2) is 9.48 Å². The van der Waals surface area contributed by atoms with Gasteiger partial charge in [0.1, 0.15) is 11.2 Å². The van der Waals surface area contributed by atoms with Crippen LogP contribution >= 0.6 is 0 Å². The van der Waals surface area contributed by atoms with E-state index in [2.05, 4.69) is 5.10 Å². The Kier molecular flexibility index (Phi) is 4.98. The number of hydrogen-bond donors (Lipinski definition) is 2. The Bertz CT molecular complexity index is 869. The number of carbonyl (C=O) groups is 3. The highest BCUT2D eigenvalue weighted by Gasteiger charge is 2.46. The minimum absolute atomic E-state index is 0.0126. The molecule has 0 saturated heterocycles. The van der Waals surface area contributed by atoms with Gasteiger partial charge in [-0.3, -0.25) is 9.59 Å². The predicted molar refractivity (Wildman–Crippen MR) is 97.6 cm³/mol. The van der Waals surface area contributed by atoms with Crippen LogP contribution in [0, 0.1) is 0 Å². The van der Waals surface area contributed by atoms with E-state index in [0.29, 0.717) is 18.5 Å². The summed E-state index contributed by atoms with van der Waals surface area (Å²) in [7, 11) is 1.48.